The van der Waals surface area contributed by atoms with Crippen molar-refractivity contribution in [2.45, 2.75) is 99.3 Å². The van der Waals surface area contributed by atoms with E-state index in [0.29, 0.717) is 5.92 Å². The van der Waals surface area contributed by atoms with Crippen LogP contribution in [-0.2, 0) is 41.5 Å². The average Bonchev–Trinajstić information content (AvgIpc) is 3.42. The largest absolute Gasteiger partial charge is 1.00 e. The average molecular weight is 679 g/mol. The molecule has 0 aliphatic heterocycles. The molecule has 0 saturated heterocycles. The Labute approximate surface area is 284 Å². The van der Waals surface area contributed by atoms with Crippen molar-refractivity contribution in [2.75, 3.05) is 0 Å². The van der Waals surface area contributed by atoms with Crippen molar-refractivity contribution in [3.63, 3.8) is 0 Å². The molecule has 0 saturated carbocycles. The zero-order valence-corrected chi connectivity index (χ0v) is 31.4. The van der Waals surface area contributed by atoms with Crippen molar-refractivity contribution in [2.24, 2.45) is 0 Å². The van der Waals surface area contributed by atoms with E-state index in [1.807, 2.05) is 6.07 Å². The molecule has 0 fully saturated rings. The first-order valence-electron chi connectivity index (χ1n) is 14.6. The minimum Gasteiger partial charge on any atom is -1.00 e. The summed E-state index contributed by atoms with van der Waals surface area (Å²) in [5.74, 6) is 0.675. The van der Waals surface area contributed by atoms with Crippen molar-refractivity contribution in [1.29, 1.82) is 0 Å². The third kappa shape index (κ3) is 10.2. The standard InChI is InChI=1S/C21H25.C10H15.C8H8.2ClH.Zr/c1-20(2,3)16-9-7-14-11-15-8-10-17(21(4,5)6)13-19(15)18(14)12-16;1-7(2)10-6-8(3)5-9(10)4;1-2-8-6-4-3-5-7-8;;;/h7,9-10,12-13H,11H2,1-6H3;5-7H,1-4H3;3-7H,1H3;2*1H;/q2*-1;;;;+2/p-2. The van der Waals surface area contributed by atoms with E-state index in [0.717, 1.165) is 6.42 Å². The van der Waals surface area contributed by atoms with Crippen molar-refractivity contribution >= 4 is 3.21 Å². The minimum atomic E-state index is 0. The van der Waals surface area contributed by atoms with Gasteiger partial charge in [0.25, 0.3) is 0 Å². The molecule has 5 rings (SSSR count). The van der Waals surface area contributed by atoms with E-state index in [-0.39, 0.29) is 35.6 Å². The van der Waals surface area contributed by atoms with E-state index in [2.05, 4.69) is 149 Å². The van der Waals surface area contributed by atoms with Crippen LogP contribution in [0.5, 0.6) is 0 Å². The molecular formula is C39H48Cl2Zr-2. The van der Waals surface area contributed by atoms with Gasteiger partial charge in [-0.2, -0.15) is 52.1 Å². The van der Waals surface area contributed by atoms with Crippen LogP contribution in [0.4, 0.5) is 0 Å². The van der Waals surface area contributed by atoms with Gasteiger partial charge in [0.05, 0.1) is 0 Å². The van der Waals surface area contributed by atoms with Gasteiger partial charge in [0.15, 0.2) is 0 Å². The van der Waals surface area contributed by atoms with Gasteiger partial charge in [-0.15, -0.1) is 5.56 Å². The molecule has 4 aromatic carbocycles. The summed E-state index contributed by atoms with van der Waals surface area (Å²) in [4.78, 5) is 0. The van der Waals surface area contributed by atoms with E-state index >= 15 is 0 Å². The summed E-state index contributed by atoms with van der Waals surface area (Å²) in [6.07, 6.45) is 1.03. The maximum absolute atomic E-state index is 3.53. The zero-order chi connectivity index (χ0) is 29.8. The minimum absolute atomic E-state index is 0. The van der Waals surface area contributed by atoms with Crippen molar-refractivity contribution in [3.05, 3.63) is 123 Å². The van der Waals surface area contributed by atoms with Crippen molar-refractivity contribution in [1.82, 2.24) is 0 Å². The summed E-state index contributed by atoms with van der Waals surface area (Å²) in [5, 5.41) is 0. The van der Waals surface area contributed by atoms with Gasteiger partial charge in [-0.05, 0) is 17.4 Å². The molecule has 0 spiro atoms. The van der Waals surface area contributed by atoms with E-state index in [9.17, 15) is 0 Å². The molecule has 0 N–H and O–H groups in total. The van der Waals surface area contributed by atoms with Crippen LogP contribution >= 0.6 is 0 Å². The van der Waals surface area contributed by atoms with Crippen LogP contribution < -0.4 is 24.8 Å². The van der Waals surface area contributed by atoms with Gasteiger partial charge in [-0.25, -0.2) is 6.07 Å². The van der Waals surface area contributed by atoms with E-state index in [1.54, 1.807) is 0 Å². The van der Waals surface area contributed by atoms with Gasteiger partial charge in [0.2, 0.25) is 0 Å². The molecule has 3 heteroatoms. The quantitative estimate of drug-likeness (QED) is 0.240. The molecule has 0 bridgehead atoms. The van der Waals surface area contributed by atoms with Crippen LogP contribution in [0.15, 0.2) is 72.8 Å². The molecule has 0 nitrogen and oxygen atoms in total. The van der Waals surface area contributed by atoms with Crippen LogP contribution in [-0.4, -0.2) is 3.21 Å². The fraction of sp³-hybridized carbons (Fsp3) is 0.385. The fourth-order valence-corrected chi connectivity index (χ4v) is 5.53. The van der Waals surface area contributed by atoms with E-state index in [1.165, 1.54) is 83.1 Å². The molecule has 0 radical (unpaired) electrons. The summed E-state index contributed by atoms with van der Waals surface area (Å²) in [6.45, 7) is 24.6. The smallest absolute Gasteiger partial charge is 0.0632 e. The predicted octanol–water partition coefficient (Wildman–Crippen LogP) is 4.58. The summed E-state index contributed by atoms with van der Waals surface area (Å²) in [7, 11) is 0. The molecule has 0 amide bonds. The predicted molar refractivity (Wildman–Crippen MR) is 173 cm³/mol. The number of rotatable bonds is 2. The monoisotopic (exact) mass is 676 g/mol. The number of hydrogen-bond acceptors (Lipinski definition) is 0. The summed E-state index contributed by atoms with van der Waals surface area (Å²) < 4.78 is 1.46. The van der Waals surface area contributed by atoms with E-state index in [4.69, 9.17) is 0 Å². The van der Waals surface area contributed by atoms with Gasteiger partial charge >= 0.3 is 70.3 Å². The van der Waals surface area contributed by atoms with Crippen molar-refractivity contribution in [3.8, 4) is 11.1 Å². The fourth-order valence-electron chi connectivity index (χ4n) is 5.12. The molecule has 0 heterocycles. The number of benzene rings is 3. The topological polar surface area (TPSA) is 0 Å². The number of halogens is 2. The van der Waals surface area contributed by atoms with Gasteiger partial charge in [-0.3, -0.25) is 0 Å². The van der Waals surface area contributed by atoms with E-state index < -0.39 is 0 Å². The molecule has 4 aromatic rings. The summed E-state index contributed by atoms with van der Waals surface area (Å²) in [5.41, 5.74) is 14.5. The summed E-state index contributed by atoms with van der Waals surface area (Å²) >= 11 is 1.51. The van der Waals surface area contributed by atoms with Gasteiger partial charge in [0, 0.05) is 0 Å². The maximum atomic E-state index is 3.53. The molecular weight excluding hydrogens is 631 g/mol. The second-order valence-electron chi connectivity index (χ2n) is 13.6. The normalized spacial score (nSPS) is 11.6. The van der Waals surface area contributed by atoms with Crippen LogP contribution in [0.3, 0.4) is 0 Å². The first kappa shape index (κ1) is 38.4. The van der Waals surface area contributed by atoms with Gasteiger partial charge < -0.3 is 24.8 Å². The number of aryl methyl sites for hydroxylation is 2. The Morgan fingerprint density at radius 3 is 1.81 bits per heavy atom. The zero-order valence-electron chi connectivity index (χ0n) is 27.5. The summed E-state index contributed by atoms with van der Waals surface area (Å²) in [6, 6.07) is 30.1. The second kappa shape index (κ2) is 15.9. The Morgan fingerprint density at radius 2 is 1.38 bits per heavy atom. The third-order valence-corrected chi connectivity index (χ3v) is 8.35. The Kier molecular flexibility index (Phi) is 14.5. The molecule has 0 aromatic heterocycles. The Hall–Kier alpha value is -1.66. The Balaban J connectivity index is 0.000000353. The Morgan fingerprint density at radius 1 is 0.810 bits per heavy atom. The van der Waals surface area contributed by atoms with Crippen molar-refractivity contribution < 1.29 is 49.0 Å². The number of hydrogen-bond donors (Lipinski definition) is 0. The second-order valence-corrected chi connectivity index (χ2v) is 15.5. The van der Waals surface area contributed by atoms with Crippen LogP contribution in [0.1, 0.15) is 113 Å². The SMILES string of the molecule is CC(C)(C)c1c[c-]c2c(c1)-c1cc(C(C)(C)C)ccc1C2.C[C](=[Zr+2])c1ccccc1.Cc1cc(C(C)C)c(C)[cH-]1.[Cl-].[Cl-]. The first-order valence-corrected chi connectivity index (χ1v) is 15.8. The van der Waals surface area contributed by atoms with Gasteiger partial charge in [0.1, 0.15) is 0 Å². The first-order chi connectivity index (χ1) is 18.6. The van der Waals surface area contributed by atoms with Crippen LogP contribution in [0, 0.1) is 19.9 Å². The Bertz CT molecular complexity index is 1380. The third-order valence-electron chi connectivity index (χ3n) is 7.64. The maximum Gasteiger partial charge on any atom is -0.0632 e. The molecule has 42 heavy (non-hydrogen) atoms. The van der Waals surface area contributed by atoms with Crippen LogP contribution in [0.2, 0.25) is 0 Å². The molecule has 1 aliphatic carbocycles. The molecule has 1 aliphatic rings. The molecule has 0 unspecified atom stereocenters. The van der Waals surface area contributed by atoms with Gasteiger partial charge in [-0.1, -0.05) is 110 Å². The number of fused-ring (bicyclic) bond motifs is 3. The van der Waals surface area contributed by atoms with Crippen LogP contribution in [0.25, 0.3) is 11.1 Å². The molecule has 224 valence electrons. The molecule has 0 atom stereocenters.